The molecule has 1 aliphatic rings. The molecule has 1 aliphatic heterocycles. The molecule has 2 aromatic carbocycles. The largest absolute Gasteiger partial charge is 0.458 e. The topological polar surface area (TPSA) is 63.7 Å². The first-order chi connectivity index (χ1) is 15.2. The minimum absolute atomic E-state index is 0.0832. The molecule has 0 N–H and O–H groups in total. The van der Waals surface area contributed by atoms with Crippen LogP contribution in [0.5, 0.6) is 0 Å². The normalized spacial score (nSPS) is 16.1. The fourth-order valence-corrected chi connectivity index (χ4v) is 5.17. The molecule has 6 heteroatoms. The lowest BCUT2D eigenvalue weighted by Crippen LogP contribution is -2.31. The molecule has 2 aromatic rings. The zero-order valence-corrected chi connectivity index (χ0v) is 20.0. The molecule has 0 aliphatic carbocycles. The van der Waals surface area contributed by atoms with E-state index in [2.05, 4.69) is 32.9 Å². The second-order valence-corrected chi connectivity index (χ2v) is 11.2. The predicted molar refractivity (Wildman–Crippen MR) is 128 cm³/mol. The average Bonchev–Trinajstić information content (AvgIpc) is 3.06. The first-order valence-corrected chi connectivity index (χ1v) is 12.6. The first kappa shape index (κ1) is 24.2. The Morgan fingerprint density at radius 2 is 1.53 bits per heavy atom. The quantitative estimate of drug-likeness (QED) is 0.438. The van der Waals surface area contributed by atoms with Gasteiger partial charge in [-0.05, 0) is 53.2 Å². The smallest absolute Gasteiger partial charge is 0.331 e. The Bertz CT molecular complexity index is 1020. The number of carbonyl (C=O) groups excluding carboxylic acids is 1. The highest BCUT2D eigenvalue weighted by molar-refractivity contribution is 7.89. The molecular weight excluding hydrogens is 422 g/mol. The molecular formula is C26H33NO4S. The van der Waals surface area contributed by atoms with E-state index in [4.69, 9.17) is 4.74 Å². The molecule has 0 bridgehead atoms. The van der Waals surface area contributed by atoms with Gasteiger partial charge in [0.15, 0.2) is 0 Å². The minimum atomic E-state index is -3.47. The SMILES string of the molecule is CC(C)(C)c1ccc(COC(=O)C=Cc2ccc(S(=O)(=O)N3CCCCCC3)cc2)cc1. The third-order valence-corrected chi connectivity index (χ3v) is 7.61. The lowest BCUT2D eigenvalue weighted by Gasteiger charge is -2.19. The van der Waals surface area contributed by atoms with Gasteiger partial charge in [-0.3, -0.25) is 0 Å². The standard InChI is InChI=1S/C26H33NO4S/c1-26(2,3)23-13-8-22(9-14-23)20-31-25(28)17-12-21-10-15-24(16-11-21)32(29,30)27-18-6-4-5-7-19-27/h8-17H,4-7,18-20H2,1-3H3. The first-order valence-electron chi connectivity index (χ1n) is 11.2. The summed E-state index contributed by atoms with van der Waals surface area (Å²) in [4.78, 5) is 12.4. The van der Waals surface area contributed by atoms with Crippen LogP contribution in [0.25, 0.3) is 6.08 Å². The number of esters is 1. The number of hydrogen-bond acceptors (Lipinski definition) is 4. The van der Waals surface area contributed by atoms with Gasteiger partial charge in [0.05, 0.1) is 4.90 Å². The Morgan fingerprint density at radius 3 is 2.09 bits per heavy atom. The number of hydrogen-bond donors (Lipinski definition) is 0. The Kier molecular flexibility index (Phi) is 7.91. The van der Waals surface area contributed by atoms with Crippen LogP contribution in [0.1, 0.15) is 63.1 Å². The molecule has 3 rings (SSSR count). The Labute approximate surface area is 192 Å². The van der Waals surface area contributed by atoms with Gasteiger partial charge in [0.2, 0.25) is 10.0 Å². The average molecular weight is 456 g/mol. The maximum absolute atomic E-state index is 12.8. The van der Waals surface area contributed by atoms with Gasteiger partial charge < -0.3 is 4.74 Å². The summed E-state index contributed by atoms with van der Waals surface area (Å²) in [6, 6.07) is 14.7. The van der Waals surface area contributed by atoms with Gasteiger partial charge in [0, 0.05) is 19.2 Å². The molecule has 5 nitrogen and oxygen atoms in total. The molecule has 0 radical (unpaired) electrons. The van der Waals surface area contributed by atoms with Gasteiger partial charge in [-0.2, -0.15) is 4.31 Å². The molecule has 0 amide bonds. The maximum atomic E-state index is 12.8. The Hall–Kier alpha value is -2.44. The van der Waals surface area contributed by atoms with E-state index in [1.54, 1.807) is 34.6 Å². The number of nitrogens with zero attached hydrogens (tertiary/aromatic N) is 1. The van der Waals surface area contributed by atoms with Crippen molar-refractivity contribution < 1.29 is 17.9 Å². The molecule has 0 saturated carbocycles. The molecule has 0 unspecified atom stereocenters. The number of benzene rings is 2. The highest BCUT2D eigenvalue weighted by Crippen LogP contribution is 2.23. The van der Waals surface area contributed by atoms with Gasteiger partial charge in [-0.1, -0.05) is 70.0 Å². The van der Waals surface area contributed by atoms with Crippen LogP contribution in [0.3, 0.4) is 0 Å². The number of rotatable bonds is 6. The summed E-state index contributed by atoms with van der Waals surface area (Å²) in [5.41, 5.74) is 2.99. The van der Waals surface area contributed by atoms with E-state index in [0.717, 1.165) is 36.8 Å². The van der Waals surface area contributed by atoms with Crippen LogP contribution in [-0.2, 0) is 31.6 Å². The summed E-state index contributed by atoms with van der Waals surface area (Å²) in [6.45, 7) is 7.83. The van der Waals surface area contributed by atoms with Gasteiger partial charge >= 0.3 is 5.97 Å². The van der Waals surface area contributed by atoms with Crippen LogP contribution in [0.2, 0.25) is 0 Å². The second kappa shape index (κ2) is 10.5. The summed E-state index contributed by atoms with van der Waals surface area (Å²) in [5.74, 6) is -0.439. The van der Waals surface area contributed by atoms with Crippen LogP contribution in [0.4, 0.5) is 0 Å². The van der Waals surface area contributed by atoms with Gasteiger partial charge in [-0.25, -0.2) is 13.2 Å². The van der Waals surface area contributed by atoms with Crippen LogP contribution in [0, 0.1) is 0 Å². The van der Waals surface area contributed by atoms with E-state index in [-0.39, 0.29) is 16.9 Å². The zero-order valence-electron chi connectivity index (χ0n) is 19.2. The van der Waals surface area contributed by atoms with Crippen LogP contribution < -0.4 is 0 Å². The van der Waals surface area contributed by atoms with Crippen molar-refractivity contribution in [2.75, 3.05) is 13.1 Å². The van der Waals surface area contributed by atoms with Crippen molar-refractivity contribution in [2.45, 2.75) is 63.4 Å². The molecule has 1 heterocycles. The maximum Gasteiger partial charge on any atom is 0.331 e. The summed E-state index contributed by atoms with van der Waals surface area (Å²) in [5, 5.41) is 0. The summed E-state index contributed by atoms with van der Waals surface area (Å²) in [6.07, 6.45) is 6.96. The molecule has 1 saturated heterocycles. The Morgan fingerprint density at radius 1 is 0.938 bits per heavy atom. The van der Waals surface area contributed by atoms with Crippen molar-refractivity contribution in [2.24, 2.45) is 0 Å². The Balaban J connectivity index is 1.55. The second-order valence-electron chi connectivity index (χ2n) is 9.28. The van der Waals surface area contributed by atoms with Crippen molar-refractivity contribution in [1.82, 2.24) is 4.31 Å². The highest BCUT2D eigenvalue weighted by atomic mass is 32.2. The predicted octanol–water partition coefficient (Wildman–Crippen LogP) is 5.31. The van der Waals surface area contributed by atoms with Gasteiger partial charge in [0.25, 0.3) is 0 Å². The van der Waals surface area contributed by atoms with Crippen LogP contribution in [0.15, 0.2) is 59.5 Å². The number of carbonyl (C=O) groups is 1. The molecule has 32 heavy (non-hydrogen) atoms. The van der Waals surface area contributed by atoms with E-state index >= 15 is 0 Å². The minimum Gasteiger partial charge on any atom is -0.458 e. The molecule has 0 aromatic heterocycles. The third kappa shape index (κ3) is 6.53. The van der Waals surface area contributed by atoms with E-state index in [9.17, 15) is 13.2 Å². The van der Waals surface area contributed by atoms with E-state index in [0.29, 0.717) is 13.1 Å². The van der Waals surface area contributed by atoms with E-state index in [1.165, 1.54) is 11.6 Å². The third-order valence-electron chi connectivity index (χ3n) is 5.70. The van der Waals surface area contributed by atoms with Crippen molar-refractivity contribution >= 4 is 22.1 Å². The fraction of sp³-hybridized carbons (Fsp3) is 0.423. The monoisotopic (exact) mass is 455 g/mol. The number of ether oxygens (including phenoxy) is 1. The lowest BCUT2D eigenvalue weighted by molar-refractivity contribution is -0.138. The summed E-state index contributed by atoms with van der Waals surface area (Å²) in [7, 11) is -3.47. The molecule has 0 atom stereocenters. The number of sulfonamides is 1. The highest BCUT2D eigenvalue weighted by Gasteiger charge is 2.24. The zero-order chi connectivity index (χ0) is 23.2. The fourth-order valence-electron chi connectivity index (χ4n) is 3.65. The van der Waals surface area contributed by atoms with Crippen LogP contribution in [-0.4, -0.2) is 31.8 Å². The lowest BCUT2D eigenvalue weighted by atomic mass is 9.87. The van der Waals surface area contributed by atoms with Gasteiger partial charge in [0.1, 0.15) is 6.61 Å². The van der Waals surface area contributed by atoms with Gasteiger partial charge in [-0.15, -0.1) is 0 Å². The van der Waals surface area contributed by atoms with Crippen molar-refractivity contribution in [3.63, 3.8) is 0 Å². The molecule has 172 valence electrons. The summed E-state index contributed by atoms with van der Waals surface area (Å²) < 4.78 is 32.6. The van der Waals surface area contributed by atoms with Crippen molar-refractivity contribution in [3.8, 4) is 0 Å². The summed E-state index contributed by atoms with van der Waals surface area (Å²) >= 11 is 0. The molecule has 1 fully saturated rings. The van der Waals surface area contributed by atoms with Crippen LogP contribution >= 0.6 is 0 Å². The van der Waals surface area contributed by atoms with E-state index in [1.807, 2.05) is 12.1 Å². The van der Waals surface area contributed by atoms with E-state index < -0.39 is 16.0 Å². The van der Waals surface area contributed by atoms with Crippen molar-refractivity contribution in [1.29, 1.82) is 0 Å². The molecule has 0 spiro atoms. The van der Waals surface area contributed by atoms with Crippen molar-refractivity contribution in [3.05, 3.63) is 71.3 Å².